The van der Waals surface area contributed by atoms with E-state index in [0.29, 0.717) is 0 Å². The summed E-state index contributed by atoms with van der Waals surface area (Å²) >= 11 is 0. The van der Waals surface area contributed by atoms with E-state index in [-0.39, 0.29) is 7.43 Å². The Bertz CT molecular complexity index is 42.8. The van der Waals surface area contributed by atoms with Gasteiger partial charge in [0, 0.05) is 0 Å². The molecule has 0 aromatic rings. The predicted molar refractivity (Wildman–Crippen MR) is 54.9 cm³/mol. The summed E-state index contributed by atoms with van der Waals surface area (Å²) in [6.45, 7) is 6.87. The summed E-state index contributed by atoms with van der Waals surface area (Å²) in [5, 5.41) is 0. The molecule has 0 aliphatic heterocycles. The van der Waals surface area contributed by atoms with Gasteiger partial charge >= 0.3 is 0 Å². The molecule has 0 aliphatic carbocycles. The summed E-state index contributed by atoms with van der Waals surface area (Å²) in [5.41, 5.74) is 0. The van der Waals surface area contributed by atoms with Gasteiger partial charge in [0.25, 0.3) is 0 Å². The third-order valence-electron chi connectivity index (χ3n) is 2.09. The van der Waals surface area contributed by atoms with Crippen LogP contribution in [-0.2, 0) is 0 Å². The van der Waals surface area contributed by atoms with Crippen LogP contribution in [0.3, 0.4) is 0 Å². The van der Waals surface area contributed by atoms with Crippen molar-refractivity contribution in [3.8, 4) is 0 Å². The van der Waals surface area contributed by atoms with Gasteiger partial charge in [0.15, 0.2) is 0 Å². The Kier molecular flexibility index (Phi) is 12.3. The van der Waals surface area contributed by atoms with Crippen molar-refractivity contribution in [3.05, 3.63) is 0 Å². The van der Waals surface area contributed by atoms with Gasteiger partial charge in [-0.1, -0.05) is 66.7 Å². The van der Waals surface area contributed by atoms with Gasteiger partial charge in [-0.2, -0.15) is 0 Å². The molecule has 0 atom stereocenters. The largest absolute Gasteiger partial charge is 0.0776 e. The zero-order valence-corrected chi connectivity index (χ0v) is 7.82. The highest BCUT2D eigenvalue weighted by Crippen LogP contribution is 2.18. The number of hydrogen-bond donors (Lipinski definition) is 0. The van der Waals surface area contributed by atoms with Crippen molar-refractivity contribution in [2.24, 2.45) is 5.92 Å². The highest BCUT2D eigenvalue weighted by Gasteiger charge is 2.03. The van der Waals surface area contributed by atoms with E-state index in [0.717, 1.165) is 5.92 Å². The quantitative estimate of drug-likeness (QED) is 0.528. The summed E-state index contributed by atoms with van der Waals surface area (Å²) in [6.07, 6.45) is 8.44. The molecule has 0 unspecified atom stereocenters. The van der Waals surface area contributed by atoms with E-state index in [1.165, 1.54) is 38.5 Å². The fourth-order valence-electron chi connectivity index (χ4n) is 1.66. The molecule has 0 N–H and O–H groups in total. The summed E-state index contributed by atoms with van der Waals surface area (Å²) in [7, 11) is 0. The van der Waals surface area contributed by atoms with Gasteiger partial charge in [-0.05, 0) is 5.92 Å². The molecular weight excluding hydrogens is 132 g/mol. The van der Waals surface area contributed by atoms with Crippen LogP contribution >= 0.6 is 0 Å². The van der Waals surface area contributed by atoms with Crippen molar-refractivity contribution in [1.29, 1.82) is 0 Å². The van der Waals surface area contributed by atoms with E-state index in [1.807, 2.05) is 0 Å². The van der Waals surface area contributed by atoms with Crippen LogP contribution in [-0.4, -0.2) is 0 Å². The first-order valence-electron chi connectivity index (χ1n) is 4.85. The van der Waals surface area contributed by atoms with Crippen molar-refractivity contribution >= 4 is 0 Å². The molecule has 70 valence electrons. The van der Waals surface area contributed by atoms with Gasteiger partial charge in [-0.3, -0.25) is 0 Å². The first kappa shape index (κ1) is 13.6. The SMILES string of the molecule is C.CCCC(CCC)CCC. The topological polar surface area (TPSA) is 0 Å². The predicted octanol–water partition coefficient (Wildman–Crippen LogP) is 4.64. The molecule has 0 rings (SSSR count). The molecule has 0 saturated carbocycles. The van der Waals surface area contributed by atoms with E-state index in [9.17, 15) is 0 Å². The molecule has 11 heavy (non-hydrogen) atoms. The third-order valence-corrected chi connectivity index (χ3v) is 2.09. The van der Waals surface area contributed by atoms with Crippen LogP contribution < -0.4 is 0 Å². The highest BCUT2D eigenvalue weighted by molar-refractivity contribution is 4.56. The molecule has 0 heteroatoms. The lowest BCUT2D eigenvalue weighted by Crippen LogP contribution is -1.98. The highest BCUT2D eigenvalue weighted by atomic mass is 14.1. The van der Waals surface area contributed by atoms with Crippen LogP contribution in [0, 0.1) is 5.92 Å². The molecule has 0 amide bonds. The van der Waals surface area contributed by atoms with Gasteiger partial charge in [-0.25, -0.2) is 0 Å². The van der Waals surface area contributed by atoms with Crippen molar-refractivity contribution < 1.29 is 0 Å². The van der Waals surface area contributed by atoms with Crippen molar-refractivity contribution in [2.45, 2.75) is 66.7 Å². The first-order valence-corrected chi connectivity index (χ1v) is 4.85. The monoisotopic (exact) mass is 158 g/mol. The molecule has 0 fully saturated rings. The zero-order valence-electron chi connectivity index (χ0n) is 7.82. The van der Waals surface area contributed by atoms with Crippen LogP contribution in [0.1, 0.15) is 66.7 Å². The van der Waals surface area contributed by atoms with Crippen LogP contribution in [0.25, 0.3) is 0 Å². The Balaban J connectivity index is 0. The maximum atomic E-state index is 2.29. The molecule has 0 saturated heterocycles. The Morgan fingerprint density at radius 3 is 1.18 bits per heavy atom. The standard InChI is InChI=1S/C10H22.CH4/c1-4-7-10(8-5-2)9-6-3;/h10H,4-9H2,1-3H3;1H4. The minimum absolute atomic E-state index is 0. The lowest BCUT2D eigenvalue weighted by atomic mass is 9.94. The van der Waals surface area contributed by atoms with Gasteiger partial charge in [-0.15, -0.1) is 0 Å². The van der Waals surface area contributed by atoms with Gasteiger partial charge < -0.3 is 0 Å². The Labute approximate surface area is 73.4 Å². The Morgan fingerprint density at radius 1 is 0.727 bits per heavy atom. The summed E-state index contributed by atoms with van der Waals surface area (Å²) < 4.78 is 0. The van der Waals surface area contributed by atoms with E-state index in [2.05, 4.69) is 20.8 Å². The summed E-state index contributed by atoms with van der Waals surface area (Å²) in [6, 6.07) is 0. The molecular formula is C11H26. The molecule has 0 heterocycles. The second kappa shape index (κ2) is 10.0. The molecule has 0 aromatic heterocycles. The molecule has 0 bridgehead atoms. The minimum Gasteiger partial charge on any atom is -0.0776 e. The first-order chi connectivity index (χ1) is 4.85. The lowest BCUT2D eigenvalue weighted by Gasteiger charge is -2.12. The van der Waals surface area contributed by atoms with E-state index < -0.39 is 0 Å². The van der Waals surface area contributed by atoms with E-state index >= 15 is 0 Å². The molecule has 0 aromatic carbocycles. The lowest BCUT2D eigenvalue weighted by molar-refractivity contribution is 0.407. The Morgan fingerprint density at radius 2 is 1.00 bits per heavy atom. The van der Waals surface area contributed by atoms with Gasteiger partial charge in [0.1, 0.15) is 0 Å². The fraction of sp³-hybridized carbons (Fsp3) is 1.00. The minimum atomic E-state index is 0. The Hall–Kier alpha value is 0. The summed E-state index contributed by atoms with van der Waals surface area (Å²) in [5.74, 6) is 1.03. The maximum absolute atomic E-state index is 2.29. The normalized spacial score (nSPS) is 9.82. The molecule has 0 nitrogen and oxygen atoms in total. The van der Waals surface area contributed by atoms with Crippen molar-refractivity contribution in [3.63, 3.8) is 0 Å². The van der Waals surface area contributed by atoms with Crippen LogP contribution in [0.15, 0.2) is 0 Å². The fourth-order valence-corrected chi connectivity index (χ4v) is 1.66. The average molecular weight is 158 g/mol. The van der Waals surface area contributed by atoms with Gasteiger partial charge in [0.05, 0.1) is 0 Å². The summed E-state index contributed by atoms with van der Waals surface area (Å²) in [4.78, 5) is 0. The molecule has 0 radical (unpaired) electrons. The van der Waals surface area contributed by atoms with Crippen LogP contribution in [0.5, 0.6) is 0 Å². The average Bonchev–Trinajstić information content (AvgIpc) is 1.90. The van der Waals surface area contributed by atoms with Crippen molar-refractivity contribution in [1.82, 2.24) is 0 Å². The maximum Gasteiger partial charge on any atom is -0.0415 e. The number of rotatable bonds is 6. The molecule has 0 spiro atoms. The second-order valence-corrected chi connectivity index (χ2v) is 3.23. The van der Waals surface area contributed by atoms with E-state index in [1.54, 1.807) is 0 Å². The third kappa shape index (κ3) is 7.90. The van der Waals surface area contributed by atoms with E-state index in [4.69, 9.17) is 0 Å². The molecule has 0 aliphatic rings. The van der Waals surface area contributed by atoms with Crippen molar-refractivity contribution in [2.75, 3.05) is 0 Å². The second-order valence-electron chi connectivity index (χ2n) is 3.23. The zero-order chi connectivity index (χ0) is 7.82. The van der Waals surface area contributed by atoms with Crippen LogP contribution in [0.4, 0.5) is 0 Å². The number of hydrogen-bond acceptors (Lipinski definition) is 0. The van der Waals surface area contributed by atoms with Crippen LogP contribution in [0.2, 0.25) is 0 Å². The smallest absolute Gasteiger partial charge is 0.0415 e. The van der Waals surface area contributed by atoms with Gasteiger partial charge in [0.2, 0.25) is 0 Å².